The average molecular weight is 348 g/mol. The van der Waals surface area contributed by atoms with Gasteiger partial charge < -0.3 is 0 Å². The van der Waals surface area contributed by atoms with E-state index in [2.05, 4.69) is 78.9 Å². The summed E-state index contributed by atoms with van der Waals surface area (Å²) in [5.41, 5.74) is 7.28. The van der Waals surface area contributed by atoms with E-state index in [9.17, 15) is 0 Å². The zero-order valence-corrected chi connectivity index (χ0v) is 13.0. The third kappa shape index (κ3) is 2.33. The smallest absolute Gasteiger partial charge is 0.0206 e. The number of halogens is 1. The highest BCUT2D eigenvalue weighted by Crippen LogP contribution is 2.37. The van der Waals surface area contributed by atoms with Crippen molar-refractivity contribution in [1.29, 1.82) is 0 Å². The first-order chi connectivity index (χ1) is 8.53. The van der Waals surface area contributed by atoms with Crippen molar-refractivity contribution in [3.05, 3.63) is 59.2 Å². The molecule has 0 atom stereocenters. The maximum Gasteiger partial charge on any atom is 0.0206 e. The number of fused-ring (bicyclic) bond motifs is 3. The molecule has 0 aliphatic heterocycles. The number of hydrogen-bond donors (Lipinski definition) is 0. The Bertz CT molecular complexity index is 591. The Morgan fingerprint density at radius 2 is 1.72 bits per heavy atom. The van der Waals surface area contributed by atoms with Gasteiger partial charge in [0.15, 0.2) is 0 Å². The molecule has 0 saturated carbocycles. The van der Waals surface area contributed by atoms with Crippen LogP contribution in [0, 0.1) is 0 Å². The molecule has 0 nitrogen and oxygen atoms in total. The van der Waals surface area contributed by atoms with Gasteiger partial charge in [-0.2, -0.15) is 0 Å². The van der Waals surface area contributed by atoms with E-state index < -0.39 is 0 Å². The molecule has 0 spiro atoms. The van der Waals surface area contributed by atoms with Gasteiger partial charge in [0.05, 0.1) is 0 Å². The molecule has 0 unspecified atom stereocenters. The second-order valence-electron chi connectivity index (χ2n) is 5.72. The maximum absolute atomic E-state index is 2.53. The third-order valence-corrected chi connectivity index (χ3v) is 3.87. The van der Waals surface area contributed by atoms with Gasteiger partial charge in [-0.05, 0) is 40.7 Å². The molecule has 18 heavy (non-hydrogen) atoms. The summed E-state index contributed by atoms with van der Waals surface area (Å²) >= 11 is 2.53. The summed E-state index contributed by atoms with van der Waals surface area (Å²) < 4.78 is 0.324. The summed E-state index contributed by atoms with van der Waals surface area (Å²) in [5.74, 6) is 0. The van der Waals surface area contributed by atoms with Gasteiger partial charge in [-0.3, -0.25) is 0 Å². The number of benzene rings is 2. The molecular weight excluding hydrogens is 331 g/mol. The standard InChI is InChI=1S/C17H17I/c1-17(2,18)11-12-7-8-14-10-13-5-3-4-6-15(13)16(14)9-12/h3-9H,10-11H2,1-2H3. The summed E-state index contributed by atoms with van der Waals surface area (Å²) in [5, 5.41) is 0. The van der Waals surface area contributed by atoms with Gasteiger partial charge in [-0.15, -0.1) is 0 Å². The van der Waals surface area contributed by atoms with E-state index in [4.69, 9.17) is 0 Å². The first kappa shape index (κ1) is 12.2. The highest BCUT2D eigenvalue weighted by atomic mass is 127. The Morgan fingerprint density at radius 1 is 1.00 bits per heavy atom. The first-order valence-corrected chi connectivity index (χ1v) is 7.50. The van der Waals surface area contributed by atoms with Crippen LogP contribution >= 0.6 is 22.6 Å². The van der Waals surface area contributed by atoms with Crippen molar-refractivity contribution in [1.82, 2.24) is 0 Å². The van der Waals surface area contributed by atoms with Crippen LogP contribution in [-0.4, -0.2) is 3.42 Å². The molecular formula is C17H17I. The van der Waals surface area contributed by atoms with Crippen LogP contribution < -0.4 is 0 Å². The minimum absolute atomic E-state index is 0.324. The molecule has 0 N–H and O–H groups in total. The molecule has 0 amide bonds. The Balaban J connectivity index is 2.03. The quantitative estimate of drug-likeness (QED) is 0.451. The van der Waals surface area contributed by atoms with Crippen molar-refractivity contribution in [2.24, 2.45) is 0 Å². The largest absolute Gasteiger partial charge is 0.0791 e. The minimum atomic E-state index is 0.324. The zero-order chi connectivity index (χ0) is 12.8. The SMILES string of the molecule is CC(C)(I)Cc1ccc2c(c1)-c1ccccc1C2. The van der Waals surface area contributed by atoms with E-state index in [-0.39, 0.29) is 0 Å². The van der Waals surface area contributed by atoms with Crippen molar-refractivity contribution >= 4 is 22.6 Å². The molecule has 1 aliphatic carbocycles. The Morgan fingerprint density at radius 3 is 2.50 bits per heavy atom. The minimum Gasteiger partial charge on any atom is -0.0791 e. The lowest BCUT2D eigenvalue weighted by Gasteiger charge is -2.16. The van der Waals surface area contributed by atoms with Crippen LogP contribution in [-0.2, 0) is 12.8 Å². The Labute approximate surface area is 123 Å². The van der Waals surface area contributed by atoms with E-state index in [1.54, 1.807) is 0 Å². The first-order valence-electron chi connectivity index (χ1n) is 6.42. The summed E-state index contributed by atoms with van der Waals surface area (Å²) in [4.78, 5) is 0. The fourth-order valence-corrected chi connectivity index (χ4v) is 3.21. The lowest BCUT2D eigenvalue weighted by molar-refractivity contribution is 0.744. The lowest BCUT2D eigenvalue weighted by atomic mass is 9.97. The van der Waals surface area contributed by atoms with Crippen LogP contribution in [0.3, 0.4) is 0 Å². The molecule has 0 saturated heterocycles. The van der Waals surface area contributed by atoms with Crippen LogP contribution in [0.2, 0.25) is 0 Å². The second kappa shape index (κ2) is 4.37. The molecule has 2 aromatic rings. The van der Waals surface area contributed by atoms with Gasteiger partial charge in [0.2, 0.25) is 0 Å². The predicted molar refractivity (Wildman–Crippen MR) is 86.5 cm³/mol. The summed E-state index contributed by atoms with van der Waals surface area (Å²) in [6.07, 6.45) is 2.22. The second-order valence-corrected chi connectivity index (χ2v) is 8.64. The summed E-state index contributed by atoms with van der Waals surface area (Å²) in [6.45, 7) is 4.57. The van der Waals surface area contributed by atoms with Gasteiger partial charge in [0.1, 0.15) is 0 Å². The van der Waals surface area contributed by atoms with Crippen molar-refractivity contribution in [2.75, 3.05) is 0 Å². The van der Waals surface area contributed by atoms with Gasteiger partial charge in [0.25, 0.3) is 0 Å². The van der Waals surface area contributed by atoms with E-state index in [1.807, 2.05) is 0 Å². The molecule has 0 bridgehead atoms. The zero-order valence-electron chi connectivity index (χ0n) is 10.8. The Hall–Kier alpha value is -0.830. The summed E-state index contributed by atoms with van der Waals surface area (Å²) in [7, 11) is 0. The van der Waals surface area contributed by atoms with E-state index >= 15 is 0 Å². The molecule has 0 radical (unpaired) electrons. The van der Waals surface area contributed by atoms with Crippen molar-refractivity contribution in [3.63, 3.8) is 0 Å². The van der Waals surface area contributed by atoms with E-state index in [0.717, 1.165) is 12.8 Å². The van der Waals surface area contributed by atoms with Crippen LogP contribution in [0.25, 0.3) is 11.1 Å². The predicted octanol–water partition coefficient (Wildman–Crippen LogP) is 5.01. The molecule has 2 aromatic carbocycles. The molecule has 0 heterocycles. The maximum atomic E-state index is 2.53. The monoisotopic (exact) mass is 348 g/mol. The van der Waals surface area contributed by atoms with Crippen LogP contribution in [0.5, 0.6) is 0 Å². The molecule has 92 valence electrons. The van der Waals surface area contributed by atoms with Gasteiger partial charge in [0, 0.05) is 3.42 Å². The van der Waals surface area contributed by atoms with Crippen molar-refractivity contribution in [2.45, 2.75) is 30.1 Å². The van der Waals surface area contributed by atoms with Crippen LogP contribution in [0.15, 0.2) is 42.5 Å². The number of rotatable bonds is 2. The van der Waals surface area contributed by atoms with Crippen LogP contribution in [0.4, 0.5) is 0 Å². The number of alkyl halides is 1. The molecule has 0 aromatic heterocycles. The van der Waals surface area contributed by atoms with E-state index in [0.29, 0.717) is 3.42 Å². The fourth-order valence-electron chi connectivity index (χ4n) is 2.77. The lowest BCUT2D eigenvalue weighted by Crippen LogP contribution is -2.12. The average Bonchev–Trinajstić information content (AvgIpc) is 2.65. The van der Waals surface area contributed by atoms with Gasteiger partial charge >= 0.3 is 0 Å². The normalized spacial score (nSPS) is 13.3. The fraction of sp³-hybridized carbons (Fsp3) is 0.294. The van der Waals surface area contributed by atoms with Crippen molar-refractivity contribution < 1.29 is 0 Å². The third-order valence-electron chi connectivity index (χ3n) is 3.49. The summed E-state index contributed by atoms with van der Waals surface area (Å²) in [6, 6.07) is 15.8. The Kier molecular flexibility index (Phi) is 2.97. The molecule has 1 aliphatic rings. The van der Waals surface area contributed by atoms with E-state index in [1.165, 1.54) is 27.8 Å². The number of hydrogen-bond acceptors (Lipinski definition) is 0. The van der Waals surface area contributed by atoms with Crippen LogP contribution in [0.1, 0.15) is 30.5 Å². The molecule has 3 rings (SSSR count). The van der Waals surface area contributed by atoms with Gasteiger partial charge in [-0.1, -0.05) is 78.9 Å². The highest BCUT2D eigenvalue weighted by Gasteiger charge is 2.19. The highest BCUT2D eigenvalue weighted by molar-refractivity contribution is 14.1. The van der Waals surface area contributed by atoms with Gasteiger partial charge in [-0.25, -0.2) is 0 Å². The topological polar surface area (TPSA) is 0 Å². The molecule has 1 heteroatoms. The molecule has 0 fully saturated rings. The van der Waals surface area contributed by atoms with Crippen molar-refractivity contribution in [3.8, 4) is 11.1 Å².